The van der Waals surface area contributed by atoms with E-state index in [1.807, 2.05) is 0 Å². The summed E-state index contributed by atoms with van der Waals surface area (Å²) in [6.45, 7) is -0.813. The summed E-state index contributed by atoms with van der Waals surface area (Å²) in [6, 6.07) is 0. The third-order valence-electron chi connectivity index (χ3n) is 3.61. The Balaban J connectivity index is 1.75. The first-order chi connectivity index (χ1) is 12.5. The molecule has 1 saturated heterocycles. The molecule has 0 saturated carbocycles. The Morgan fingerprint density at radius 1 is 1.19 bits per heavy atom. The molecule has 2 unspecified atom stereocenters. The van der Waals surface area contributed by atoms with Gasteiger partial charge >= 0.3 is 15.6 Å². The minimum atomic E-state index is -5.29. The molecule has 0 aromatic carbocycles. The molecule has 15 nitrogen and oxygen atoms in total. The molecule has 7 N–H and O–H groups in total. The zero-order valence-electron chi connectivity index (χ0n) is 13.2. The van der Waals surface area contributed by atoms with Crippen LogP contribution in [0, 0.1) is 0 Å². The molecule has 0 aliphatic carbocycles. The Hall–Kier alpha value is -1.51. The molecule has 0 amide bonds. The van der Waals surface area contributed by atoms with Gasteiger partial charge in [0.25, 0.3) is 0 Å². The van der Waals surface area contributed by atoms with Gasteiger partial charge in [0.2, 0.25) is 0 Å². The number of ether oxygens (including phenoxy) is 1. The van der Waals surface area contributed by atoms with Crippen molar-refractivity contribution in [1.29, 1.82) is 0 Å². The highest BCUT2D eigenvalue weighted by molar-refractivity contribution is 7.60. The Kier molecular flexibility index (Phi) is 5.35. The van der Waals surface area contributed by atoms with Crippen LogP contribution in [0.3, 0.4) is 0 Å². The largest absolute Gasteiger partial charge is 0.481 e. The molecule has 2 aromatic rings. The van der Waals surface area contributed by atoms with Gasteiger partial charge in [-0.25, -0.2) is 24.1 Å². The average Bonchev–Trinajstić information content (AvgIpc) is 3.07. The van der Waals surface area contributed by atoms with Gasteiger partial charge in [-0.1, -0.05) is 0 Å². The van der Waals surface area contributed by atoms with Crippen molar-refractivity contribution in [2.45, 2.75) is 24.5 Å². The van der Waals surface area contributed by atoms with Crippen molar-refractivity contribution in [3.05, 3.63) is 12.7 Å². The molecule has 0 bridgehead atoms. The van der Waals surface area contributed by atoms with E-state index >= 15 is 0 Å². The van der Waals surface area contributed by atoms with Crippen molar-refractivity contribution in [3.8, 4) is 0 Å². The van der Waals surface area contributed by atoms with Crippen LogP contribution in [-0.2, 0) is 22.7 Å². The van der Waals surface area contributed by atoms with Crippen LogP contribution in [0.15, 0.2) is 12.7 Å². The fraction of sp³-hybridized carbons (Fsp3) is 0.500. The number of hydrogen-bond acceptors (Lipinski definition) is 11. The number of rotatable bonds is 6. The van der Waals surface area contributed by atoms with Gasteiger partial charge in [0, 0.05) is 0 Å². The summed E-state index contributed by atoms with van der Waals surface area (Å²) >= 11 is 0. The number of anilines is 1. The van der Waals surface area contributed by atoms with Gasteiger partial charge in [-0.05, 0) is 0 Å². The number of aliphatic hydroxyl groups is 2. The van der Waals surface area contributed by atoms with E-state index < -0.39 is 46.8 Å². The fourth-order valence-electron chi connectivity index (χ4n) is 2.48. The molecule has 3 heterocycles. The van der Waals surface area contributed by atoms with Gasteiger partial charge < -0.3 is 35.4 Å². The molecule has 1 aliphatic rings. The molecule has 150 valence electrons. The number of phosphoric acid groups is 2. The normalized spacial score (nSPS) is 28.5. The zero-order chi connectivity index (χ0) is 20.0. The number of nitrogens with two attached hydrogens (primary N) is 1. The van der Waals surface area contributed by atoms with E-state index in [-0.39, 0.29) is 17.0 Å². The molecule has 0 radical (unpaired) electrons. The number of fused-ring (bicyclic) bond motifs is 1. The Morgan fingerprint density at radius 3 is 2.56 bits per heavy atom. The average molecular weight is 437 g/mol. The second-order valence-corrected chi connectivity index (χ2v) is 8.30. The van der Waals surface area contributed by atoms with Crippen molar-refractivity contribution in [2.75, 3.05) is 12.3 Å². The lowest BCUT2D eigenvalue weighted by molar-refractivity contribution is -0.0503. The summed E-state index contributed by atoms with van der Waals surface area (Å²) in [6.07, 6.45) is -3.20. The first-order valence-electron chi connectivity index (χ1n) is 7.17. The fourth-order valence-corrected chi connectivity index (χ4v) is 4.08. The number of nitrogen functional groups attached to an aromatic ring is 1. The minimum Gasteiger partial charge on any atom is -0.387 e. The Morgan fingerprint density at radius 2 is 1.89 bits per heavy atom. The van der Waals surface area contributed by atoms with Crippen molar-refractivity contribution in [3.63, 3.8) is 0 Å². The van der Waals surface area contributed by atoms with E-state index in [9.17, 15) is 24.2 Å². The quantitative estimate of drug-likeness (QED) is 0.217. The van der Waals surface area contributed by atoms with Crippen LogP contribution in [0.4, 0.5) is 5.82 Å². The summed E-state index contributed by atoms with van der Waals surface area (Å²) in [4.78, 5) is 38.1. The molecule has 27 heavy (non-hydrogen) atoms. The molecular formula is C10H15N5O10P2. The number of hydrogen-bond donors (Lipinski definition) is 6. The van der Waals surface area contributed by atoms with Crippen molar-refractivity contribution < 1.29 is 47.6 Å². The van der Waals surface area contributed by atoms with Crippen LogP contribution >= 0.6 is 15.6 Å². The van der Waals surface area contributed by atoms with Gasteiger partial charge in [-0.2, -0.15) is 4.31 Å². The first-order valence-corrected chi connectivity index (χ1v) is 10.2. The molecule has 17 heteroatoms. The standard InChI is InChI=1S/C10H15N5O10P2/c11-8-5-9(13-2-12-8)15(3-14-5)10-7(17)6(16)4(24-10)1-23-27(21,22)25-26(18,19)20/h2-4,6-7,10,16-17H,1H2,(H,21,22)(H2,11,12,13)(H2,18,19,20)/t4-,6+,7?,10-/m1/s1/i1+1,2+1,3+1,4+1,5+1,6+1,7+1,8+1,9+1,10+1. The van der Waals surface area contributed by atoms with E-state index in [0.29, 0.717) is 0 Å². The van der Waals surface area contributed by atoms with Crippen molar-refractivity contribution >= 4 is 32.6 Å². The van der Waals surface area contributed by atoms with Crippen LogP contribution in [-0.4, -0.2) is 69.3 Å². The van der Waals surface area contributed by atoms with E-state index in [1.165, 1.54) is 10.9 Å². The third-order valence-corrected chi connectivity index (χ3v) is 5.76. The highest BCUT2D eigenvalue weighted by atomic mass is 31.3. The van der Waals surface area contributed by atoms with Crippen LogP contribution < -0.4 is 5.73 Å². The van der Waals surface area contributed by atoms with E-state index in [4.69, 9.17) is 20.3 Å². The van der Waals surface area contributed by atoms with Crippen LogP contribution in [0.1, 0.15) is 6.23 Å². The first kappa shape index (κ1) is 20.2. The lowest BCUT2D eigenvalue weighted by Gasteiger charge is -2.17. The number of aliphatic hydroxyl groups excluding tert-OH is 2. The zero-order valence-corrected chi connectivity index (χ0v) is 15.0. The summed E-state index contributed by atoms with van der Waals surface area (Å²) in [5.74, 6) is 0.0856. The van der Waals surface area contributed by atoms with Crippen LogP contribution in [0.25, 0.3) is 11.2 Å². The lowest BCUT2D eigenvalue weighted by atomic mass is 11.1. The van der Waals surface area contributed by atoms with Crippen LogP contribution in [0.2, 0.25) is 0 Å². The molecule has 5 atom stereocenters. The second kappa shape index (κ2) is 7.14. The van der Waals surface area contributed by atoms with Gasteiger partial charge in [-0.3, -0.25) is 9.09 Å². The second-order valence-electron chi connectivity index (χ2n) is 5.47. The van der Waals surface area contributed by atoms with E-state index in [2.05, 4.69) is 23.8 Å². The summed E-state index contributed by atoms with van der Waals surface area (Å²) < 4.78 is 36.8. The summed E-state index contributed by atoms with van der Waals surface area (Å²) in [7, 11) is -10.4. The summed E-state index contributed by atoms with van der Waals surface area (Å²) in [5.41, 5.74) is 6.11. The number of imidazole rings is 1. The predicted octanol–water partition coefficient (Wildman–Crippen LogP) is -1.75. The number of nitrogens with zero attached hydrogens (tertiary/aromatic N) is 4. The lowest BCUT2D eigenvalue weighted by Crippen LogP contribution is -2.33. The predicted molar refractivity (Wildman–Crippen MR) is 84.6 cm³/mol. The van der Waals surface area contributed by atoms with Gasteiger partial charge in [-0.15, -0.1) is 0 Å². The van der Waals surface area contributed by atoms with E-state index in [0.717, 1.165) is 6.33 Å². The molecule has 3 rings (SSSR count). The van der Waals surface area contributed by atoms with Gasteiger partial charge in [0.1, 0.15) is 30.2 Å². The molecule has 1 aliphatic heterocycles. The highest BCUT2D eigenvalue weighted by Crippen LogP contribution is 2.57. The maximum Gasteiger partial charge on any atom is 0.481 e. The minimum absolute atomic E-state index is 0.0856. The Labute approximate surface area is 150 Å². The third kappa shape index (κ3) is 4.33. The monoisotopic (exact) mass is 437 g/mol. The molecule has 2 aromatic heterocycles. The molecule has 0 spiro atoms. The number of phosphoric ester groups is 1. The van der Waals surface area contributed by atoms with Crippen molar-refractivity contribution in [1.82, 2.24) is 19.5 Å². The van der Waals surface area contributed by atoms with Crippen LogP contribution in [0.5, 0.6) is 0 Å². The van der Waals surface area contributed by atoms with Gasteiger partial charge in [0.05, 0.1) is 12.9 Å². The Bertz CT molecular complexity index is 932. The maximum absolute atomic E-state index is 11.5. The SMILES string of the molecule is N[13c]1n[13cH]n[13c]2[13c]1n[13cH]n2[13C@@H]1O[13C@H]([13CH2]OP(=O)(O)OP(=O)(O)O)[13C@H](O)[13CH]1O. The number of aromatic nitrogens is 4. The highest BCUT2D eigenvalue weighted by Gasteiger charge is 2.46. The summed E-state index contributed by atoms with van der Waals surface area (Å²) in [5, 5.41) is 20.3. The van der Waals surface area contributed by atoms with Gasteiger partial charge in [0.15, 0.2) is 17.7 Å². The molecular weight excluding hydrogens is 422 g/mol. The topological polar surface area (TPSA) is 233 Å². The molecule has 1 fully saturated rings. The maximum atomic E-state index is 11.5. The smallest absolute Gasteiger partial charge is 0.387 e. The van der Waals surface area contributed by atoms with Crippen molar-refractivity contribution in [2.24, 2.45) is 0 Å². The van der Waals surface area contributed by atoms with E-state index in [1.54, 1.807) is 0 Å².